The van der Waals surface area contributed by atoms with E-state index in [1.54, 1.807) is 24.3 Å². The maximum atomic E-state index is 13.5. The largest absolute Gasteiger partial charge is 0.394 e. The van der Waals surface area contributed by atoms with Crippen molar-refractivity contribution in [2.75, 3.05) is 6.61 Å². The molecule has 0 aliphatic carbocycles. The van der Waals surface area contributed by atoms with Crippen molar-refractivity contribution in [3.8, 4) is 0 Å². The standard InChI is InChI=1S/C13H13FO3/c14-11-6-5-10(13(17)12(16)7-15)8-3-1-2-4-9(8)11/h1-6,12-13,15-17H,7H2. The quantitative estimate of drug-likeness (QED) is 0.754. The lowest BCUT2D eigenvalue weighted by Gasteiger charge is -2.18. The van der Waals surface area contributed by atoms with Crippen molar-refractivity contribution in [2.45, 2.75) is 12.2 Å². The summed E-state index contributed by atoms with van der Waals surface area (Å²) in [5, 5.41) is 29.0. The van der Waals surface area contributed by atoms with Gasteiger partial charge < -0.3 is 15.3 Å². The Morgan fingerprint density at radius 1 is 1.00 bits per heavy atom. The van der Waals surface area contributed by atoms with Gasteiger partial charge in [0.15, 0.2) is 0 Å². The average Bonchev–Trinajstić information content (AvgIpc) is 2.38. The van der Waals surface area contributed by atoms with Gasteiger partial charge in [-0.2, -0.15) is 0 Å². The van der Waals surface area contributed by atoms with Gasteiger partial charge in [-0.05, 0) is 17.0 Å². The average molecular weight is 236 g/mol. The minimum absolute atomic E-state index is 0.380. The van der Waals surface area contributed by atoms with Crippen LogP contribution in [0, 0.1) is 5.82 Å². The van der Waals surface area contributed by atoms with E-state index in [0.717, 1.165) is 0 Å². The van der Waals surface area contributed by atoms with Gasteiger partial charge in [0.05, 0.1) is 6.61 Å². The van der Waals surface area contributed by atoms with Crippen molar-refractivity contribution >= 4 is 10.8 Å². The van der Waals surface area contributed by atoms with Crippen molar-refractivity contribution in [1.82, 2.24) is 0 Å². The van der Waals surface area contributed by atoms with Gasteiger partial charge in [0.1, 0.15) is 18.0 Å². The fourth-order valence-electron chi connectivity index (χ4n) is 1.85. The van der Waals surface area contributed by atoms with E-state index < -0.39 is 18.8 Å². The summed E-state index contributed by atoms with van der Waals surface area (Å²) in [6, 6.07) is 9.35. The molecular weight excluding hydrogens is 223 g/mol. The molecule has 0 saturated heterocycles. The summed E-state index contributed by atoms with van der Waals surface area (Å²) in [6.45, 7) is -0.549. The summed E-state index contributed by atoms with van der Waals surface area (Å²) in [5.41, 5.74) is 0.406. The van der Waals surface area contributed by atoms with E-state index in [2.05, 4.69) is 0 Å². The third-order valence-electron chi connectivity index (χ3n) is 2.77. The molecule has 0 aliphatic rings. The van der Waals surface area contributed by atoms with Gasteiger partial charge >= 0.3 is 0 Å². The van der Waals surface area contributed by atoms with Crippen LogP contribution in [0.2, 0.25) is 0 Å². The molecule has 0 saturated carbocycles. The first-order valence-electron chi connectivity index (χ1n) is 5.29. The fraction of sp³-hybridized carbons (Fsp3) is 0.231. The van der Waals surface area contributed by atoms with E-state index in [1.165, 1.54) is 12.1 Å². The van der Waals surface area contributed by atoms with Crippen LogP contribution in [-0.2, 0) is 0 Å². The molecule has 3 nitrogen and oxygen atoms in total. The van der Waals surface area contributed by atoms with E-state index in [1.807, 2.05) is 0 Å². The van der Waals surface area contributed by atoms with Gasteiger partial charge in [0, 0.05) is 5.39 Å². The minimum Gasteiger partial charge on any atom is -0.394 e. The Kier molecular flexibility index (Phi) is 3.38. The molecule has 0 radical (unpaired) electrons. The first kappa shape index (κ1) is 12.0. The van der Waals surface area contributed by atoms with Crippen LogP contribution >= 0.6 is 0 Å². The predicted octanol–water partition coefficient (Wildman–Crippen LogP) is 1.37. The molecule has 2 aromatic carbocycles. The van der Waals surface area contributed by atoms with Crippen LogP contribution in [0.3, 0.4) is 0 Å². The summed E-state index contributed by atoms with van der Waals surface area (Å²) in [6.07, 6.45) is -2.51. The summed E-state index contributed by atoms with van der Waals surface area (Å²) >= 11 is 0. The zero-order chi connectivity index (χ0) is 12.4. The normalized spacial score (nSPS) is 14.8. The van der Waals surface area contributed by atoms with Crippen molar-refractivity contribution in [2.24, 2.45) is 0 Å². The van der Waals surface area contributed by atoms with Crippen LogP contribution in [0.4, 0.5) is 4.39 Å². The number of rotatable bonds is 3. The molecule has 2 rings (SSSR count). The molecule has 0 aliphatic heterocycles. The van der Waals surface area contributed by atoms with Crippen LogP contribution in [0.15, 0.2) is 36.4 Å². The van der Waals surface area contributed by atoms with Gasteiger partial charge in [-0.15, -0.1) is 0 Å². The lowest BCUT2D eigenvalue weighted by molar-refractivity contribution is -0.0145. The third-order valence-corrected chi connectivity index (χ3v) is 2.77. The molecule has 90 valence electrons. The smallest absolute Gasteiger partial charge is 0.131 e. The van der Waals surface area contributed by atoms with Gasteiger partial charge in [-0.25, -0.2) is 4.39 Å². The van der Waals surface area contributed by atoms with Gasteiger partial charge in [0.2, 0.25) is 0 Å². The highest BCUT2D eigenvalue weighted by molar-refractivity contribution is 5.86. The minimum atomic E-state index is -1.27. The molecule has 0 aromatic heterocycles. The molecule has 2 atom stereocenters. The highest BCUT2D eigenvalue weighted by atomic mass is 19.1. The summed E-state index contributed by atoms with van der Waals surface area (Å²) < 4.78 is 13.5. The molecule has 2 aromatic rings. The number of hydrogen-bond donors (Lipinski definition) is 3. The topological polar surface area (TPSA) is 60.7 Å². The molecule has 0 bridgehead atoms. The van der Waals surface area contributed by atoms with Crippen LogP contribution in [0.25, 0.3) is 10.8 Å². The van der Waals surface area contributed by atoms with E-state index in [4.69, 9.17) is 5.11 Å². The molecule has 0 fully saturated rings. The van der Waals surface area contributed by atoms with Gasteiger partial charge in [0.25, 0.3) is 0 Å². The summed E-state index contributed by atoms with van der Waals surface area (Å²) in [4.78, 5) is 0. The lowest BCUT2D eigenvalue weighted by Crippen LogP contribution is -2.22. The number of benzene rings is 2. The molecule has 17 heavy (non-hydrogen) atoms. The Morgan fingerprint density at radius 2 is 1.65 bits per heavy atom. The van der Waals surface area contributed by atoms with E-state index >= 15 is 0 Å². The van der Waals surface area contributed by atoms with E-state index in [-0.39, 0.29) is 5.82 Å². The van der Waals surface area contributed by atoms with Gasteiger partial charge in [-0.1, -0.05) is 30.3 Å². The number of aliphatic hydroxyl groups is 3. The first-order valence-corrected chi connectivity index (χ1v) is 5.29. The molecule has 0 heterocycles. The van der Waals surface area contributed by atoms with Crippen molar-refractivity contribution < 1.29 is 19.7 Å². The highest BCUT2D eigenvalue weighted by Gasteiger charge is 2.20. The number of halogens is 1. The molecule has 0 spiro atoms. The highest BCUT2D eigenvalue weighted by Crippen LogP contribution is 2.28. The Hall–Kier alpha value is -1.49. The Labute approximate surface area is 97.8 Å². The maximum absolute atomic E-state index is 13.5. The van der Waals surface area contributed by atoms with Crippen molar-refractivity contribution in [1.29, 1.82) is 0 Å². The lowest BCUT2D eigenvalue weighted by atomic mass is 9.97. The SMILES string of the molecule is OCC(O)C(O)c1ccc(F)c2ccccc12. The second-order valence-corrected chi connectivity index (χ2v) is 3.88. The zero-order valence-electron chi connectivity index (χ0n) is 9.05. The maximum Gasteiger partial charge on any atom is 0.131 e. The molecule has 4 heteroatoms. The third kappa shape index (κ3) is 2.15. The van der Waals surface area contributed by atoms with Gasteiger partial charge in [-0.3, -0.25) is 0 Å². The number of hydrogen-bond acceptors (Lipinski definition) is 3. The van der Waals surface area contributed by atoms with Crippen molar-refractivity contribution in [3.63, 3.8) is 0 Å². The Morgan fingerprint density at radius 3 is 2.29 bits per heavy atom. The molecular formula is C13H13FO3. The molecule has 2 unspecified atom stereocenters. The summed E-state index contributed by atoms with van der Waals surface area (Å²) in [5.74, 6) is -0.380. The fourth-order valence-corrected chi connectivity index (χ4v) is 1.85. The van der Waals surface area contributed by atoms with Crippen LogP contribution < -0.4 is 0 Å². The van der Waals surface area contributed by atoms with E-state index in [0.29, 0.717) is 16.3 Å². The first-order chi connectivity index (χ1) is 8.15. The summed E-state index contributed by atoms with van der Waals surface area (Å²) in [7, 11) is 0. The second-order valence-electron chi connectivity index (χ2n) is 3.88. The van der Waals surface area contributed by atoms with Crippen LogP contribution in [0.5, 0.6) is 0 Å². The molecule has 3 N–H and O–H groups in total. The number of fused-ring (bicyclic) bond motifs is 1. The number of aliphatic hydroxyl groups excluding tert-OH is 3. The van der Waals surface area contributed by atoms with Crippen LogP contribution in [0.1, 0.15) is 11.7 Å². The van der Waals surface area contributed by atoms with Crippen LogP contribution in [-0.4, -0.2) is 28.0 Å². The van der Waals surface area contributed by atoms with Crippen molar-refractivity contribution in [3.05, 3.63) is 47.8 Å². The Bertz CT molecular complexity index is 527. The predicted molar refractivity (Wildman–Crippen MR) is 62.0 cm³/mol. The van der Waals surface area contributed by atoms with E-state index in [9.17, 15) is 14.6 Å². The monoisotopic (exact) mass is 236 g/mol. The second kappa shape index (κ2) is 4.79. The Balaban J connectivity index is 2.59. The zero-order valence-corrected chi connectivity index (χ0v) is 9.05. The molecule has 0 amide bonds.